The van der Waals surface area contributed by atoms with Gasteiger partial charge in [-0.2, -0.15) is 0 Å². The van der Waals surface area contributed by atoms with Gasteiger partial charge in [0.2, 0.25) is 0 Å². The smallest absolute Gasteiger partial charge is 0.131 e. The van der Waals surface area contributed by atoms with Crippen LogP contribution in [0.3, 0.4) is 0 Å². The number of hydrogen-bond donors (Lipinski definition) is 0. The van der Waals surface area contributed by atoms with E-state index in [1.807, 2.05) is 0 Å². The lowest BCUT2D eigenvalue weighted by Gasteiger charge is -2.03. The fourth-order valence-corrected chi connectivity index (χ4v) is 1.11. The minimum Gasteiger partial charge on any atom is -0.300 e. The Balaban J connectivity index is 2.13. The third-order valence-electron chi connectivity index (χ3n) is 2.06. The summed E-state index contributed by atoms with van der Waals surface area (Å²) in [5.74, 6) is 0.294. The standard InChI is InChI=1S/C8H15NO/c1-7(10)4-5-9-6-8(9,2)3/h4-6H2,1-3H3. The lowest BCUT2D eigenvalue weighted by atomic mass is 10.2. The second-order valence-electron chi connectivity index (χ2n) is 3.69. The summed E-state index contributed by atoms with van der Waals surface area (Å²) in [5, 5.41) is 0. The van der Waals surface area contributed by atoms with Gasteiger partial charge in [0, 0.05) is 25.0 Å². The highest BCUT2D eigenvalue weighted by atomic mass is 16.1. The zero-order chi connectivity index (χ0) is 7.78. The van der Waals surface area contributed by atoms with Crippen LogP contribution in [-0.2, 0) is 4.79 Å². The van der Waals surface area contributed by atoms with Crippen LogP contribution in [0.15, 0.2) is 0 Å². The Kier molecular flexibility index (Phi) is 1.82. The monoisotopic (exact) mass is 141 g/mol. The maximum atomic E-state index is 10.6. The van der Waals surface area contributed by atoms with Gasteiger partial charge in [0.25, 0.3) is 0 Å². The van der Waals surface area contributed by atoms with E-state index >= 15 is 0 Å². The van der Waals surface area contributed by atoms with Gasteiger partial charge in [0.15, 0.2) is 0 Å². The van der Waals surface area contributed by atoms with Gasteiger partial charge in [0.1, 0.15) is 5.78 Å². The topological polar surface area (TPSA) is 20.1 Å². The molecule has 0 N–H and O–H groups in total. The van der Waals surface area contributed by atoms with Crippen molar-refractivity contribution >= 4 is 5.78 Å². The first-order valence-electron chi connectivity index (χ1n) is 3.77. The molecule has 0 spiro atoms. The summed E-state index contributed by atoms with van der Waals surface area (Å²) < 4.78 is 0. The molecule has 1 heterocycles. The van der Waals surface area contributed by atoms with Gasteiger partial charge in [-0.05, 0) is 20.8 Å². The van der Waals surface area contributed by atoms with Crippen LogP contribution in [0.1, 0.15) is 27.2 Å². The van der Waals surface area contributed by atoms with Gasteiger partial charge >= 0.3 is 0 Å². The van der Waals surface area contributed by atoms with E-state index < -0.39 is 0 Å². The summed E-state index contributed by atoms with van der Waals surface area (Å²) in [5.41, 5.74) is 0.384. The number of carbonyl (C=O) groups excluding carboxylic acids is 1. The molecule has 2 nitrogen and oxygen atoms in total. The molecule has 0 aromatic rings. The van der Waals surface area contributed by atoms with E-state index in [0.717, 1.165) is 13.1 Å². The van der Waals surface area contributed by atoms with E-state index in [9.17, 15) is 4.79 Å². The fourth-order valence-electron chi connectivity index (χ4n) is 1.11. The first-order chi connectivity index (χ1) is 4.52. The van der Waals surface area contributed by atoms with Crippen LogP contribution >= 0.6 is 0 Å². The first kappa shape index (κ1) is 7.73. The molecule has 1 aliphatic rings. The molecular weight excluding hydrogens is 126 g/mol. The Hall–Kier alpha value is -0.370. The van der Waals surface area contributed by atoms with Crippen LogP contribution in [0.5, 0.6) is 0 Å². The largest absolute Gasteiger partial charge is 0.300 e. The van der Waals surface area contributed by atoms with E-state index in [1.54, 1.807) is 6.92 Å². The van der Waals surface area contributed by atoms with Gasteiger partial charge in [-0.3, -0.25) is 9.69 Å². The van der Waals surface area contributed by atoms with Crippen molar-refractivity contribution in [1.29, 1.82) is 0 Å². The molecule has 1 unspecified atom stereocenters. The van der Waals surface area contributed by atoms with Gasteiger partial charge in [-0.15, -0.1) is 0 Å². The predicted octanol–water partition coefficient (Wildman–Crippen LogP) is 1.06. The number of nitrogens with zero attached hydrogens (tertiary/aromatic N) is 1. The van der Waals surface area contributed by atoms with Gasteiger partial charge in [-0.1, -0.05) is 0 Å². The Morgan fingerprint density at radius 3 is 2.40 bits per heavy atom. The Bertz CT molecular complexity index is 151. The summed E-state index contributed by atoms with van der Waals surface area (Å²) in [6, 6.07) is 0. The van der Waals surface area contributed by atoms with Gasteiger partial charge < -0.3 is 0 Å². The summed E-state index contributed by atoms with van der Waals surface area (Å²) in [4.78, 5) is 12.9. The molecule has 1 atom stereocenters. The van der Waals surface area contributed by atoms with E-state index in [0.29, 0.717) is 17.7 Å². The van der Waals surface area contributed by atoms with Crippen LogP contribution in [-0.4, -0.2) is 29.3 Å². The van der Waals surface area contributed by atoms with Crippen LogP contribution in [0, 0.1) is 0 Å². The lowest BCUT2D eigenvalue weighted by molar-refractivity contribution is -0.117. The minimum atomic E-state index is 0.294. The first-order valence-corrected chi connectivity index (χ1v) is 3.77. The van der Waals surface area contributed by atoms with Crippen LogP contribution in [0.2, 0.25) is 0 Å². The number of rotatable bonds is 3. The zero-order valence-electron chi connectivity index (χ0n) is 6.98. The Morgan fingerprint density at radius 1 is 1.60 bits per heavy atom. The van der Waals surface area contributed by atoms with Crippen molar-refractivity contribution in [2.24, 2.45) is 0 Å². The molecule has 58 valence electrons. The van der Waals surface area contributed by atoms with Crippen molar-refractivity contribution in [1.82, 2.24) is 4.90 Å². The van der Waals surface area contributed by atoms with Crippen molar-refractivity contribution in [3.63, 3.8) is 0 Å². The van der Waals surface area contributed by atoms with Gasteiger partial charge in [0.05, 0.1) is 0 Å². The molecule has 10 heavy (non-hydrogen) atoms. The normalized spacial score (nSPS) is 28.1. The number of ketones is 1. The second-order valence-corrected chi connectivity index (χ2v) is 3.69. The lowest BCUT2D eigenvalue weighted by Crippen LogP contribution is -2.12. The molecule has 0 radical (unpaired) electrons. The SMILES string of the molecule is CC(=O)CCN1CC1(C)C. The molecule has 1 aliphatic heterocycles. The summed E-state index contributed by atoms with van der Waals surface area (Å²) in [6.45, 7) is 8.15. The molecule has 0 saturated carbocycles. The second kappa shape index (κ2) is 2.35. The Morgan fingerprint density at radius 2 is 2.10 bits per heavy atom. The van der Waals surface area contributed by atoms with E-state index in [2.05, 4.69) is 18.7 Å². The predicted molar refractivity (Wildman–Crippen MR) is 41.0 cm³/mol. The number of hydrogen-bond acceptors (Lipinski definition) is 2. The van der Waals surface area contributed by atoms with Crippen LogP contribution < -0.4 is 0 Å². The average Bonchev–Trinajstić information content (AvgIpc) is 2.35. The molecule has 2 heteroatoms. The van der Waals surface area contributed by atoms with Crippen LogP contribution in [0.25, 0.3) is 0 Å². The third-order valence-corrected chi connectivity index (χ3v) is 2.06. The highest BCUT2D eigenvalue weighted by Gasteiger charge is 2.41. The summed E-state index contributed by atoms with van der Waals surface area (Å²) in [6.07, 6.45) is 0.712. The van der Waals surface area contributed by atoms with Crippen molar-refractivity contribution in [3.8, 4) is 0 Å². The minimum absolute atomic E-state index is 0.294. The molecule has 0 bridgehead atoms. The number of Topliss-reactive ketones (excluding diaryl/α,β-unsaturated/α-hetero) is 1. The number of carbonyl (C=O) groups is 1. The molecule has 1 rings (SSSR count). The molecule has 0 aromatic carbocycles. The summed E-state index contributed by atoms with van der Waals surface area (Å²) >= 11 is 0. The molecule has 1 fully saturated rings. The third kappa shape index (κ3) is 1.81. The highest BCUT2D eigenvalue weighted by molar-refractivity contribution is 5.75. The molecular formula is C8H15NO. The van der Waals surface area contributed by atoms with Crippen molar-refractivity contribution in [3.05, 3.63) is 0 Å². The molecule has 0 aromatic heterocycles. The van der Waals surface area contributed by atoms with E-state index in [-0.39, 0.29) is 0 Å². The van der Waals surface area contributed by atoms with Crippen molar-refractivity contribution in [2.75, 3.05) is 13.1 Å². The molecule has 0 aliphatic carbocycles. The van der Waals surface area contributed by atoms with E-state index in [1.165, 1.54) is 0 Å². The molecule has 0 amide bonds. The maximum absolute atomic E-state index is 10.6. The van der Waals surface area contributed by atoms with Crippen molar-refractivity contribution < 1.29 is 4.79 Å². The average molecular weight is 141 g/mol. The zero-order valence-corrected chi connectivity index (χ0v) is 6.98. The summed E-state index contributed by atoms with van der Waals surface area (Å²) in [7, 11) is 0. The van der Waals surface area contributed by atoms with Gasteiger partial charge in [-0.25, -0.2) is 0 Å². The maximum Gasteiger partial charge on any atom is 0.131 e. The Labute approximate surface area is 62.2 Å². The molecule has 1 saturated heterocycles. The van der Waals surface area contributed by atoms with E-state index in [4.69, 9.17) is 0 Å². The fraction of sp³-hybridized carbons (Fsp3) is 0.875. The highest BCUT2D eigenvalue weighted by Crippen LogP contribution is 2.30. The quantitative estimate of drug-likeness (QED) is 0.548. The van der Waals surface area contributed by atoms with Crippen LogP contribution in [0.4, 0.5) is 0 Å². The van der Waals surface area contributed by atoms with Crippen molar-refractivity contribution in [2.45, 2.75) is 32.7 Å².